The number of fused-ring (bicyclic) bond motifs is 1. The minimum Gasteiger partial charge on any atom is -0.491 e. The molecule has 1 aromatic heterocycles. The van der Waals surface area contributed by atoms with E-state index in [0.29, 0.717) is 54.3 Å². The number of amides is 1. The maximum absolute atomic E-state index is 10.3. The highest BCUT2D eigenvalue weighted by Gasteiger charge is 2.21. The molecular formula is C25H29Cl2N5O5. The molecule has 2 N–H and O–H groups in total. The molecule has 0 radical (unpaired) electrons. The molecule has 1 saturated heterocycles. The van der Waals surface area contributed by atoms with Crippen LogP contribution in [0.25, 0.3) is 10.9 Å². The van der Waals surface area contributed by atoms with E-state index in [1.165, 1.54) is 0 Å². The fraction of sp³-hybridized carbons (Fsp3) is 0.400. The quantitative estimate of drug-likeness (QED) is 0.324. The highest BCUT2D eigenvalue weighted by molar-refractivity contribution is 6.35. The van der Waals surface area contributed by atoms with Crippen LogP contribution in [0.1, 0.15) is 0 Å². The molecule has 0 saturated carbocycles. The van der Waals surface area contributed by atoms with Gasteiger partial charge in [-0.25, -0.2) is 4.79 Å². The van der Waals surface area contributed by atoms with Crippen LogP contribution < -0.4 is 19.9 Å². The molecule has 12 heteroatoms. The van der Waals surface area contributed by atoms with E-state index in [2.05, 4.69) is 25.3 Å². The summed E-state index contributed by atoms with van der Waals surface area (Å²) in [6.07, 6.45) is 0.732. The van der Waals surface area contributed by atoms with Crippen LogP contribution >= 0.6 is 23.2 Å². The van der Waals surface area contributed by atoms with E-state index in [1.807, 2.05) is 30.3 Å². The lowest BCUT2D eigenvalue weighted by molar-refractivity contribution is 0.0374. The van der Waals surface area contributed by atoms with E-state index in [4.69, 9.17) is 42.5 Å². The molecule has 1 aliphatic heterocycles. The van der Waals surface area contributed by atoms with Crippen LogP contribution in [0.3, 0.4) is 0 Å². The smallest absolute Gasteiger partial charge is 0.404 e. The van der Waals surface area contributed by atoms with Crippen LogP contribution in [-0.2, 0) is 9.47 Å². The van der Waals surface area contributed by atoms with Gasteiger partial charge in [-0.3, -0.25) is 0 Å². The summed E-state index contributed by atoms with van der Waals surface area (Å²) in [5.41, 5.74) is 2.75. The molecule has 0 aliphatic carbocycles. The first kappa shape index (κ1) is 27.0. The molecule has 0 unspecified atom stereocenters. The molecule has 1 aliphatic rings. The topological polar surface area (TPSA) is 109 Å². The van der Waals surface area contributed by atoms with Gasteiger partial charge >= 0.3 is 6.09 Å². The number of hydrogen-bond acceptors (Lipinski definition) is 8. The Kier molecular flexibility index (Phi) is 9.84. The number of nitrogens with one attached hydrogen (secondary N) is 1. The second-order valence-electron chi connectivity index (χ2n) is 8.29. The molecular weight excluding hydrogens is 521 g/mol. The monoisotopic (exact) mass is 549 g/mol. The van der Waals surface area contributed by atoms with Crippen LogP contribution in [-0.4, -0.2) is 87.2 Å². The van der Waals surface area contributed by atoms with Crippen LogP contribution in [0.4, 0.5) is 16.2 Å². The van der Waals surface area contributed by atoms with Crippen molar-refractivity contribution in [2.45, 2.75) is 0 Å². The molecule has 1 fully saturated rings. The summed E-state index contributed by atoms with van der Waals surface area (Å²) in [4.78, 5) is 14.9. The van der Waals surface area contributed by atoms with Gasteiger partial charge in [0.2, 0.25) is 0 Å². The molecule has 1 amide bonds. The minimum atomic E-state index is -1.06. The molecule has 3 aromatic rings. The number of piperazine rings is 1. The van der Waals surface area contributed by atoms with Gasteiger partial charge in [0, 0.05) is 54.9 Å². The summed E-state index contributed by atoms with van der Waals surface area (Å²) in [5, 5.41) is 21.3. The first-order chi connectivity index (χ1) is 18.0. The van der Waals surface area contributed by atoms with Crippen molar-refractivity contribution in [3.63, 3.8) is 0 Å². The molecule has 2 aromatic carbocycles. The van der Waals surface area contributed by atoms with E-state index < -0.39 is 6.09 Å². The maximum Gasteiger partial charge on any atom is 0.404 e. The average Bonchev–Trinajstić information content (AvgIpc) is 2.89. The predicted molar refractivity (Wildman–Crippen MR) is 144 cm³/mol. The Bertz CT molecular complexity index is 1190. The number of rotatable bonds is 12. The SMILES string of the molecule is O=C(O)NCCOCCOCCOc1cc(Cl)cc(N2CCN(c3cnnc4c(Cl)cccc34)CC2)c1. The third kappa shape index (κ3) is 7.72. The summed E-state index contributed by atoms with van der Waals surface area (Å²) >= 11 is 12.7. The Hall–Kier alpha value is -3.05. The van der Waals surface area contributed by atoms with Crippen molar-refractivity contribution >= 4 is 51.6 Å². The number of carboxylic acid groups (broad SMARTS) is 1. The van der Waals surface area contributed by atoms with E-state index in [-0.39, 0.29) is 6.54 Å². The Balaban J connectivity index is 1.23. The standard InChI is InChI=1S/C25H29Cl2N5O5/c26-18-14-19(16-20(15-18)37-13-12-36-11-10-35-9-4-28-25(33)34)31-5-7-32(8-6-31)23-17-29-30-24-21(23)2-1-3-22(24)27/h1-3,14-17,28H,4-13H2,(H,33,34). The second kappa shape index (κ2) is 13.5. The van der Waals surface area contributed by atoms with Crippen LogP contribution in [0.5, 0.6) is 5.75 Å². The Morgan fingerprint density at radius 2 is 1.70 bits per heavy atom. The highest BCUT2D eigenvalue weighted by Crippen LogP contribution is 2.31. The predicted octanol–water partition coefficient (Wildman–Crippen LogP) is 3.94. The van der Waals surface area contributed by atoms with Crippen molar-refractivity contribution in [2.75, 3.05) is 75.6 Å². The van der Waals surface area contributed by atoms with E-state index in [1.54, 1.807) is 12.3 Å². The number of carbonyl (C=O) groups is 1. The van der Waals surface area contributed by atoms with Gasteiger partial charge in [-0.1, -0.05) is 35.3 Å². The van der Waals surface area contributed by atoms with Gasteiger partial charge in [0.1, 0.15) is 17.9 Å². The molecule has 0 spiro atoms. The first-order valence-corrected chi connectivity index (χ1v) is 12.7. The zero-order chi connectivity index (χ0) is 26.0. The van der Waals surface area contributed by atoms with Crippen molar-refractivity contribution in [3.05, 3.63) is 52.6 Å². The van der Waals surface area contributed by atoms with Gasteiger partial charge in [-0.05, 0) is 18.2 Å². The summed E-state index contributed by atoms with van der Waals surface area (Å²) in [6, 6.07) is 11.5. The lowest BCUT2D eigenvalue weighted by Gasteiger charge is -2.37. The van der Waals surface area contributed by atoms with Crippen molar-refractivity contribution < 1.29 is 24.1 Å². The number of nitrogens with zero attached hydrogens (tertiary/aromatic N) is 4. The van der Waals surface area contributed by atoms with Crippen molar-refractivity contribution in [2.24, 2.45) is 0 Å². The van der Waals surface area contributed by atoms with E-state index in [9.17, 15) is 4.79 Å². The minimum absolute atomic E-state index is 0.247. The van der Waals surface area contributed by atoms with Gasteiger partial charge in [0.05, 0.1) is 43.3 Å². The number of anilines is 2. The number of halogens is 2. The number of hydrogen-bond donors (Lipinski definition) is 2. The number of aromatic nitrogens is 2. The van der Waals surface area contributed by atoms with Crippen LogP contribution in [0, 0.1) is 0 Å². The average molecular weight is 550 g/mol. The molecule has 4 rings (SSSR count). The molecule has 37 heavy (non-hydrogen) atoms. The third-order valence-electron chi connectivity index (χ3n) is 5.83. The van der Waals surface area contributed by atoms with Gasteiger partial charge in [0.25, 0.3) is 0 Å². The zero-order valence-electron chi connectivity index (χ0n) is 20.2. The second-order valence-corrected chi connectivity index (χ2v) is 9.13. The fourth-order valence-electron chi connectivity index (χ4n) is 4.08. The van der Waals surface area contributed by atoms with Gasteiger partial charge in [-0.2, -0.15) is 5.10 Å². The lowest BCUT2D eigenvalue weighted by atomic mass is 10.1. The molecule has 2 heterocycles. The fourth-order valence-corrected chi connectivity index (χ4v) is 4.51. The molecule has 0 bridgehead atoms. The molecule has 198 valence electrons. The van der Waals surface area contributed by atoms with Crippen LogP contribution in [0.2, 0.25) is 10.0 Å². The van der Waals surface area contributed by atoms with Crippen LogP contribution in [0.15, 0.2) is 42.6 Å². The van der Waals surface area contributed by atoms with Gasteiger partial charge < -0.3 is 34.4 Å². The maximum atomic E-state index is 10.3. The number of benzene rings is 2. The number of ether oxygens (including phenoxy) is 3. The summed E-state index contributed by atoms with van der Waals surface area (Å²) < 4.78 is 16.6. The largest absolute Gasteiger partial charge is 0.491 e. The summed E-state index contributed by atoms with van der Waals surface area (Å²) in [5.74, 6) is 0.684. The Morgan fingerprint density at radius 3 is 2.49 bits per heavy atom. The van der Waals surface area contributed by atoms with E-state index in [0.717, 1.165) is 42.9 Å². The first-order valence-electron chi connectivity index (χ1n) is 12.0. The Labute approximate surface area is 225 Å². The molecule has 0 atom stereocenters. The lowest BCUT2D eigenvalue weighted by Crippen LogP contribution is -2.46. The Morgan fingerprint density at radius 1 is 0.973 bits per heavy atom. The zero-order valence-corrected chi connectivity index (χ0v) is 21.7. The van der Waals surface area contributed by atoms with Gasteiger partial charge in [-0.15, -0.1) is 5.10 Å². The van der Waals surface area contributed by atoms with Crippen molar-refractivity contribution in [1.29, 1.82) is 0 Å². The van der Waals surface area contributed by atoms with Crippen molar-refractivity contribution in [3.8, 4) is 5.75 Å². The molecule has 10 nitrogen and oxygen atoms in total. The van der Waals surface area contributed by atoms with E-state index >= 15 is 0 Å². The summed E-state index contributed by atoms with van der Waals surface area (Å²) in [6.45, 7) is 5.37. The highest BCUT2D eigenvalue weighted by atomic mass is 35.5. The van der Waals surface area contributed by atoms with Gasteiger partial charge in [0.15, 0.2) is 0 Å². The third-order valence-corrected chi connectivity index (χ3v) is 6.36. The normalized spacial score (nSPS) is 13.7. The summed E-state index contributed by atoms with van der Waals surface area (Å²) in [7, 11) is 0. The van der Waals surface area contributed by atoms with Crippen molar-refractivity contribution in [1.82, 2.24) is 15.5 Å².